The molecule has 3 rings (SSSR count). The number of nitrogens with one attached hydrogen (secondary N) is 1. The second kappa shape index (κ2) is 5.38. The molecule has 0 aromatic heterocycles. The number of fused-ring (bicyclic) bond motifs is 1. The molecule has 2 aliphatic rings. The fraction of sp³-hybridized carbons (Fsp3) is 0.571. The van der Waals surface area contributed by atoms with E-state index in [2.05, 4.69) is 16.3 Å². The van der Waals surface area contributed by atoms with Crippen molar-refractivity contribution in [3.05, 3.63) is 33.3 Å². The van der Waals surface area contributed by atoms with Crippen LogP contribution in [0.1, 0.15) is 30.0 Å². The summed E-state index contributed by atoms with van der Waals surface area (Å²) >= 11 is 12.5. The van der Waals surface area contributed by atoms with Gasteiger partial charge in [0.05, 0.1) is 0 Å². The van der Waals surface area contributed by atoms with Crippen LogP contribution in [0, 0.1) is 0 Å². The van der Waals surface area contributed by atoms with Gasteiger partial charge >= 0.3 is 0 Å². The molecule has 1 atom stereocenters. The highest BCUT2D eigenvalue weighted by Gasteiger charge is 2.28. The Balaban J connectivity index is 1.95. The van der Waals surface area contributed by atoms with Crippen molar-refractivity contribution in [1.82, 2.24) is 10.2 Å². The van der Waals surface area contributed by atoms with Gasteiger partial charge < -0.3 is 5.32 Å². The van der Waals surface area contributed by atoms with Crippen LogP contribution in [0.2, 0.25) is 10.0 Å². The maximum atomic E-state index is 6.34. The summed E-state index contributed by atoms with van der Waals surface area (Å²) < 4.78 is 0. The van der Waals surface area contributed by atoms with Gasteiger partial charge in [-0.15, -0.1) is 0 Å². The number of rotatable bonds is 1. The van der Waals surface area contributed by atoms with Gasteiger partial charge in [-0.1, -0.05) is 23.2 Å². The zero-order valence-corrected chi connectivity index (χ0v) is 11.9. The van der Waals surface area contributed by atoms with Crippen LogP contribution in [-0.4, -0.2) is 31.1 Å². The van der Waals surface area contributed by atoms with Gasteiger partial charge in [-0.2, -0.15) is 0 Å². The number of hydrogen-bond donors (Lipinski definition) is 1. The molecule has 0 spiro atoms. The molecular formula is C14H18Cl2N2. The van der Waals surface area contributed by atoms with Gasteiger partial charge in [0.15, 0.2) is 0 Å². The van der Waals surface area contributed by atoms with Crippen LogP contribution >= 0.6 is 23.2 Å². The Morgan fingerprint density at radius 2 is 1.94 bits per heavy atom. The summed E-state index contributed by atoms with van der Waals surface area (Å²) in [6, 6.07) is 4.50. The van der Waals surface area contributed by atoms with Crippen molar-refractivity contribution in [2.45, 2.75) is 25.3 Å². The lowest BCUT2D eigenvalue weighted by atomic mass is 9.86. The van der Waals surface area contributed by atoms with Crippen molar-refractivity contribution in [2.24, 2.45) is 0 Å². The largest absolute Gasteiger partial charge is 0.314 e. The highest BCUT2D eigenvalue weighted by atomic mass is 35.5. The molecule has 1 fully saturated rings. The molecule has 1 saturated heterocycles. The predicted molar refractivity (Wildman–Crippen MR) is 76.6 cm³/mol. The third kappa shape index (κ3) is 2.39. The summed E-state index contributed by atoms with van der Waals surface area (Å²) in [5, 5.41) is 5.02. The maximum Gasteiger partial charge on any atom is 0.0456 e. The van der Waals surface area contributed by atoms with Crippen LogP contribution in [0.4, 0.5) is 0 Å². The van der Waals surface area contributed by atoms with Crippen LogP contribution in [-0.2, 0) is 6.42 Å². The number of benzene rings is 1. The van der Waals surface area contributed by atoms with Gasteiger partial charge in [-0.25, -0.2) is 0 Å². The quantitative estimate of drug-likeness (QED) is 0.852. The number of nitrogens with zero attached hydrogens (tertiary/aromatic N) is 1. The minimum atomic E-state index is 0.507. The molecule has 1 heterocycles. The zero-order valence-electron chi connectivity index (χ0n) is 10.4. The first-order valence-corrected chi connectivity index (χ1v) is 7.44. The molecule has 98 valence electrons. The minimum absolute atomic E-state index is 0.507. The zero-order chi connectivity index (χ0) is 12.5. The monoisotopic (exact) mass is 284 g/mol. The molecule has 1 aromatic rings. The third-order valence-corrected chi connectivity index (χ3v) is 4.61. The first kappa shape index (κ1) is 12.7. The first-order valence-electron chi connectivity index (χ1n) is 6.68. The van der Waals surface area contributed by atoms with Gasteiger partial charge in [0.25, 0.3) is 0 Å². The molecule has 0 saturated carbocycles. The minimum Gasteiger partial charge on any atom is -0.314 e. The van der Waals surface area contributed by atoms with Crippen molar-refractivity contribution < 1.29 is 0 Å². The standard InChI is InChI=1S/C14H18Cl2N2/c15-10-8-12-11(13(16)9-10)2-1-3-14(12)18-6-4-17-5-7-18/h8-9,14,17H,1-7H2. The van der Waals surface area contributed by atoms with E-state index in [1.165, 1.54) is 24.0 Å². The van der Waals surface area contributed by atoms with Crippen LogP contribution in [0.25, 0.3) is 0 Å². The molecule has 1 aliphatic carbocycles. The third-order valence-electron chi connectivity index (χ3n) is 4.05. The molecular weight excluding hydrogens is 267 g/mol. The molecule has 18 heavy (non-hydrogen) atoms. The van der Waals surface area contributed by atoms with E-state index in [0.29, 0.717) is 6.04 Å². The Kier molecular flexibility index (Phi) is 3.81. The summed E-state index contributed by atoms with van der Waals surface area (Å²) in [7, 11) is 0. The van der Waals surface area contributed by atoms with E-state index in [1.807, 2.05) is 6.07 Å². The van der Waals surface area contributed by atoms with E-state index in [4.69, 9.17) is 23.2 Å². The van der Waals surface area contributed by atoms with E-state index in [1.54, 1.807) is 0 Å². The summed E-state index contributed by atoms with van der Waals surface area (Å²) in [6.45, 7) is 4.41. The van der Waals surface area contributed by atoms with Gasteiger partial charge in [-0.3, -0.25) is 4.90 Å². The number of hydrogen-bond acceptors (Lipinski definition) is 2. The molecule has 1 aliphatic heterocycles. The van der Waals surface area contributed by atoms with Crippen molar-refractivity contribution in [3.63, 3.8) is 0 Å². The molecule has 0 bridgehead atoms. The maximum absolute atomic E-state index is 6.34. The summed E-state index contributed by atoms with van der Waals surface area (Å²) in [4.78, 5) is 2.57. The normalized spacial score (nSPS) is 24.9. The number of piperazine rings is 1. The van der Waals surface area contributed by atoms with Gasteiger partial charge in [-0.05, 0) is 42.5 Å². The molecule has 1 N–H and O–H groups in total. The lowest BCUT2D eigenvalue weighted by Crippen LogP contribution is -2.45. The summed E-state index contributed by atoms with van der Waals surface area (Å²) in [5.41, 5.74) is 2.68. The van der Waals surface area contributed by atoms with Gasteiger partial charge in [0.2, 0.25) is 0 Å². The lowest BCUT2D eigenvalue weighted by molar-refractivity contribution is 0.158. The molecule has 2 nitrogen and oxygen atoms in total. The summed E-state index contributed by atoms with van der Waals surface area (Å²) in [6.07, 6.45) is 3.54. The van der Waals surface area contributed by atoms with Gasteiger partial charge in [0, 0.05) is 42.3 Å². The Hall–Kier alpha value is -0.280. The first-order chi connectivity index (χ1) is 8.75. The van der Waals surface area contributed by atoms with E-state index in [-0.39, 0.29) is 0 Å². The van der Waals surface area contributed by atoms with Crippen LogP contribution in [0.5, 0.6) is 0 Å². The second-order valence-electron chi connectivity index (χ2n) is 5.15. The average molecular weight is 285 g/mol. The SMILES string of the molecule is Clc1cc(Cl)c2c(c1)C(N1CCNCC1)CCC2. The van der Waals surface area contributed by atoms with E-state index < -0.39 is 0 Å². The second-order valence-corrected chi connectivity index (χ2v) is 5.99. The van der Waals surface area contributed by atoms with E-state index >= 15 is 0 Å². The smallest absolute Gasteiger partial charge is 0.0456 e. The topological polar surface area (TPSA) is 15.3 Å². The average Bonchev–Trinajstić information content (AvgIpc) is 2.39. The molecule has 0 amide bonds. The van der Waals surface area contributed by atoms with Crippen molar-refractivity contribution in [3.8, 4) is 0 Å². The lowest BCUT2D eigenvalue weighted by Gasteiger charge is -2.38. The Morgan fingerprint density at radius 1 is 1.17 bits per heavy atom. The molecule has 4 heteroatoms. The Bertz CT molecular complexity index is 442. The van der Waals surface area contributed by atoms with E-state index in [0.717, 1.165) is 42.6 Å². The van der Waals surface area contributed by atoms with Crippen LogP contribution < -0.4 is 5.32 Å². The van der Waals surface area contributed by atoms with E-state index in [9.17, 15) is 0 Å². The van der Waals surface area contributed by atoms with Crippen molar-refractivity contribution >= 4 is 23.2 Å². The highest BCUT2D eigenvalue weighted by Crippen LogP contribution is 2.39. The fourth-order valence-corrected chi connectivity index (χ4v) is 3.79. The van der Waals surface area contributed by atoms with Crippen LogP contribution in [0.3, 0.4) is 0 Å². The van der Waals surface area contributed by atoms with Crippen molar-refractivity contribution in [2.75, 3.05) is 26.2 Å². The Labute approximate surface area is 118 Å². The molecule has 0 radical (unpaired) electrons. The molecule has 1 unspecified atom stereocenters. The van der Waals surface area contributed by atoms with Crippen LogP contribution in [0.15, 0.2) is 12.1 Å². The Morgan fingerprint density at radius 3 is 2.72 bits per heavy atom. The summed E-state index contributed by atoms with van der Waals surface area (Å²) in [5.74, 6) is 0. The van der Waals surface area contributed by atoms with Crippen molar-refractivity contribution in [1.29, 1.82) is 0 Å². The fourth-order valence-electron chi connectivity index (χ4n) is 3.19. The number of halogens is 2. The predicted octanol–water partition coefficient (Wildman–Crippen LogP) is 3.28. The highest BCUT2D eigenvalue weighted by molar-refractivity contribution is 6.35. The molecule has 1 aromatic carbocycles. The van der Waals surface area contributed by atoms with Gasteiger partial charge in [0.1, 0.15) is 0 Å².